The van der Waals surface area contributed by atoms with Crippen LogP contribution in [0, 0.1) is 17.2 Å². The smallest absolute Gasteiger partial charge is 0.324 e. The third-order valence-corrected chi connectivity index (χ3v) is 3.29. The Morgan fingerprint density at radius 3 is 2.62 bits per heavy atom. The van der Waals surface area contributed by atoms with Crippen molar-refractivity contribution in [2.75, 3.05) is 6.61 Å². The molecule has 0 radical (unpaired) electrons. The fourth-order valence-corrected chi connectivity index (χ4v) is 2.29. The largest absolute Gasteiger partial charge is 0.469 e. The molecule has 0 aliphatic rings. The predicted molar refractivity (Wildman–Crippen MR) is 77.3 cm³/mol. The van der Waals surface area contributed by atoms with Gasteiger partial charge in [0.05, 0.1) is 18.9 Å². The van der Waals surface area contributed by atoms with E-state index in [0.717, 1.165) is 5.56 Å². The van der Waals surface area contributed by atoms with E-state index in [1.807, 2.05) is 30.3 Å². The van der Waals surface area contributed by atoms with Gasteiger partial charge in [-0.3, -0.25) is 4.79 Å². The number of hydrogen-bond donors (Lipinski definition) is 0. The summed E-state index contributed by atoms with van der Waals surface area (Å²) < 4.78 is 10.4. The van der Waals surface area contributed by atoms with Crippen molar-refractivity contribution < 1.29 is 13.9 Å². The standard InChI is InChI=1S/C17H17NO3/c1-2-20-17(19)15(12-18)14(16-9-6-10-21-16)11-13-7-4-3-5-8-13/h3-10,14-15H,2,11H2,1H3/t14-,15+/m0/s1. The highest BCUT2D eigenvalue weighted by Crippen LogP contribution is 2.30. The molecule has 0 fully saturated rings. The first-order valence-electron chi connectivity index (χ1n) is 6.89. The van der Waals surface area contributed by atoms with Gasteiger partial charge < -0.3 is 9.15 Å². The van der Waals surface area contributed by atoms with E-state index < -0.39 is 11.9 Å². The van der Waals surface area contributed by atoms with Gasteiger partial charge in [-0.15, -0.1) is 0 Å². The van der Waals surface area contributed by atoms with E-state index >= 15 is 0 Å². The van der Waals surface area contributed by atoms with Gasteiger partial charge in [-0.25, -0.2) is 0 Å². The molecule has 1 aromatic heterocycles. The molecule has 0 N–H and O–H groups in total. The molecule has 2 rings (SSSR count). The van der Waals surface area contributed by atoms with Crippen LogP contribution in [0.4, 0.5) is 0 Å². The lowest BCUT2D eigenvalue weighted by atomic mass is 9.85. The van der Waals surface area contributed by atoms with E-state index in [1.165, 1.54) is 0 Å². The number of ether oxygens (including phenoxy) is 1. The Morgan fingerprint density at radius 1 is 1.29 bits per heavy atom. The summed E-state index contributed by atoms with van der Waals surface area (Å²) in [5.74, 6) is -1.11. The fraction of sp³-hybridized carbons (Fsp3) is 0.294. The minimum atomic E-state index is -0.878. The highest BCUT2D eigenvalue weighted by molar-refractivity contribution is 5.76. The highest BCUT2D eigenvalue weighted by Gasteiger charge is 2.32. The molecule has 0 unspecified atom stereocenters. The lowest BCUT2D eigenvalue weighted by molar-refractivity contribution is -0.146. The van der Waals surface area contributed by atoms with Crippen LogP contribution in [-0.2, 0) is 16.0 Å². The molecule has 4 nitrogen and oxygen atoms in total. The van der Waals surface area contributed by atoms with Crippen LogP contribution < -0.4 is 0 Å². The minimum Gasteiger partial charge on any atom is -0.469 e. The fourth-order valence-electron chi connectivity index (χ4n) is 2.29. The second-order valence-electron chi connectivity index (χ2n) is 4.67. The van der Waals surface area contributed by atoms with Crippen molar-refractivity contribution in [1.29, 1.82) is 5.26 Å². The summed E-state index contributed by atoms with van der Waals surface area (Å²) in [6.45, 7) is 1.98. The first-order chi connectivity index (χ1) is 10.3. The van der Waals surface area contributed by atoms with Gasteiger partial charge in [-0.1, -0.05) is 30.3 Å². The monoisotopic (exact) mass is 283 g/mol. The molecule has 4 heteroatoms. The lowest BCUT2D eigenvalue weighted by Crippen LogP contribution is -2.24. The maximum Gasteiger partial charge on any atom is 0.324 e. The number of rotatable bonds is 6. The topological polar surface area (TPSA) is 63.2 Å². The normalized spacial score (nSPS) is 13.1. The Morgan fingerprint density at radius 2 is 2.05 bits per heavy atom. The maximum atomic E-state index is 12.0. The van der Waals surface area contributed by atoms with Crippen molar-refractivity contribution in [3.05, 3.63) is 60.1 Å². The molecule has 108 valence electrons. The summed E-state index contributed by atoms with van der Waals surface area (Å²) >= 11 is 0. The summed E-state index contributed by atoms with van der Waals surface area (Å²) in [6, 6.07) is 15.3. The Hall–Kier alpha value is -2.54. The van der Waals surface area contributed by atoms with Gasteiger partial charge in [0, 0.05) is 5.92 Å². The van der Waals surface area contributed by atoms with Gasteiger partial charge >= 0.3 is 5.97 Å². The van der Waals surface area contributed by atoms with Crippen LogP contribution in [0.3, 0.4) is 0 Å². The SMILES string of the molecule is CCOC(=O)[C@H](C#N)[C@H](Cc1ccccc1)c1ccco1. The first kappa shape index (κ1) is 14.9. The van der Waals surface area contributed by atoms with Crippen LogP contribution in [0.1, 0.15) is 24.2 Å². The summed E-state index contributed by atoms with van der Waals surface area (Å²) in [5.41, 5.74) is 1.04. The van der Waals surface area contributed by atoms with E-state index in [4.69, 9.17) is 9.15 Å². The van der Waals surface area contributed by atoms with Crippen LogP contribution in [0.5, 0.6) is 0 Å². The first-order valence-corrected chi connectivity index (χ1v) is 6.89. The lowest BCUT2D eigenvalue weighted by Gasteiger charge is -2.19. The van der Waals surface area contributed by atoms with Crippen molar-refractivity contribution in [2.45, 2.75) is 19.3 Å². The van der Waals surface area contributed by atoms with Crippen LogP contribution in [0.2, 0.25) is 0 Å². The van der Waals surface area contributed by atoms with Crippen molar-refractivity contribution in [3.8, 4) is 6.07 Å². The highest BCUT2D eigenvalue weighted by atomic mass is 16.5. The van der Waals surface area contributed by atoms with Gasteiger partial charge in [-0.05, 0) is 31.0 Å². The zero-order chi connectivity index (χ0) is 15.1. The number of furan rings is 1. The molecule has 1 aromatic carbocycles. The second kappa shape index (κ2) is 7.30. The Kier molecular flexibility index (Phi) is 5.16. The molecule has 2 aromatic rings. The van der Waals surface area contributed by atoms with E-state index in [1.54, 1.807) is 25.3 Å². The minimum absolute atomic E-state index is 0.257. The molecule has 0 amide bonds. The molecule has 0 aliphatic carbocycles. The summed E-state index contributed by atoms with van der Waals surface area (Å²) in [5, 5.41) is 9.38. The number of nitrogens with zero attached hydrogens (tertiary/aromatic N) is 1. The van der Waals surface area contributed by atoms with Crippen LogP contribution >= 0.6 is 0 Å². The van der Waals surface area contributed by atoms with Crippen molar-refractivity contribution in [1.82, 2.24) is 0 Å². The Bertz CT molecular complexity index is 599. The number of nitriles is 1. The second-order valence-corrected chi connectivity index (χ2v) is 4.67. The Labute approximate surface area is 124 Å². The summed E-state index contributed by atoms with van der Waals surface area (Å²) in [4.78, 5) is 12.0. The summed E-state index contributed by atoms with van der Waals surface area (Å²) in [7, 11) is 0. The number of hydrogen-bond acceptors (Lipinski definition) is 4. The zero-order valence-electron chi connectivity index (χ0n) is 11.9. The molecule has 1 heterocycles. The van der Waals surface area contributed by atoms with E-state index in [9.17, 15) is 10.1 Å². The Balaban J connectivity index is 2.28. The van der Waals surface area contributed by atoms with E-state index in [-0.39, 0.29) is 12.5 Å². The number of esters is 1. The van der Waals surface area contributed by atoms with Gasteiger partial charge in [0.1, 0.15) is 5.76 Å². The molecule has 2 atom stereocenters. The van der Waals surface area contributed by atoms with Crippen LogP contribution in [0.25, 0.3) is 0 Å². The van der Waals surface area contributed by atoms with Gasteiger partial charge in [-0.2, -0.15) is 5.26 Å². The van der Waals surface area contributed by atoms with Crippen molar-refractivity contribution in [3.63, 3.8) is 0 Å². The molecule has 0 saturated carbocycles. The average molecular weight is 283 g/mol. The number of benzene rings is 1. The molecule has 21 heavy (non-hydrogen) atoms. The molecule has 0 bridgehead atoms. The molecule has 0 aliphatic heterocycles. The van der Waals surface area contributed by atoms with Gasteiger partial charge in [0.15, 0.2) is 5.92 Å². The average Bonchev–Trinajstić information content (AvgIpc) is 3.02. The van der Waals surface area contributed by atoms with Gasteiger partial charge in [0.2, 0.25) is 0 Å². The number of carbonyl (C=O) groups is 1. The van der Waals surface area contributed by atoms with Crippen LogP contribution in [0.15, 0.2) is 53.1 Å². The third-order valence-electron chi connectivity index (χ3n) is 3.29. The van der Waals surface area contributed by atoms with E-state index in [0.29, 0.717) is 12.2 Å². The predicted octanol–water partition coefficient (Wildman–Crippen LogP) is 3.31. The van der Waals surface area contributed by atoms with Crippen LogP contribution in [-0.4, -0.2) is 12.6 Å². The molecule has 0 saturated heterocycles. The maximum absolute atomic E-state index is 12.0. The summed E-state index contributed by atoms with van der Waals surface area (Å²) in [6.07, 6.45) is 2.10. The van der Waals surface area contributed by atoms with Gasteiger partial charge in [0.25, 0.3) is 0 Å². The van der Waals surface area contributed by atoms with Crippen molar-refractivity contribution >= 4 is 5.97 Å². The molecule has 0 spiro atoms. The quantitative estimate of drug-likeness (QED) is 0.763. The van der Waals surface area contributed by atoms with Crippen molar-refractivity contribution in [2.24, 2.45) is 5.92 Å². The van der Waals surface area contributed by atoms with E-state index in [2.05, 4.69) is 6.07 Å². The zero-order valence-corrected chi connectivity index (χ0v) is 11.9. The number of carbonyl (C=O) groups excluding carboxylic acids is 1. The molecular weight excluding hydrogens is 266 g/mol. The molecular formula is C17H17NO3. The third kappa shape index (κ3) is 3.73.